The van der Waals surface area contributed by atoms with Crippen LogP contribution in [0.3, 0.4) is 0 Å². The average molecular weight is 785 g/mol. The van der Waals surface area contributed by atoms with E-state index in [2.05, 4.69) is 36.4 Å². The first-order valence-electron chi connectivity index (χ1n) is 18.0. The third kappa shape index (κ3) is 18.1. The molecule has 17 nitrogen and oxygen atoms in total. The molecule has 18 heteroatoms. The van der Waals surface area contributed by atoms with E-state index in [0.717, 1.165) is 11.1 Å². The third-order valence-electron chi connectivity index (χ3n) is 8.25. The predicted octanol–water partition coefficient (Wildman–Crippen LogP) is -0.876. The molecule has 0 spiro atoms. The van der Waals surface area contributed by atoms with Crippen LogP contribution >= 0.6 is 11.8 Å². The molecule has 0 aliphatic carbocycles. The van der Waals surface area contributed by atoms with E-state index < -0.39 is 72.3 Å². The Balaban J connectivity index is 2.21. The Hall–Kier alpha value is -5.20. The number of hydrogen-bond acceptors (Lipinski definition) is 11. The maximum absolute atomic E-state index is 13.9. The minimum atomic E-state index is -1.17. The molecule has 2 aromatic rings. The molecular formula is C37H56N10O7S. The fraction of sp³-hybridized carbons (Fsp3) is 0.486. The average Bonchev–Trinajstić information content (AvgIpc) is 3.16. The summed E-state index contributed by atoms with van der Waals surface area (Å²) in [4.78, 5) is 87.4. The van der Waals surface area contributed by atoms with Crippen molar-refractivity contribution in [3.63, 3.8) is 0 Å². The van der Waals surface area contributed by atoms with E-state index in [1.807, 2.05) is 26.2 Å². The number of benzene rings is 2. The highest BCUT2D eigenvalue weighted by atomic mass is 32.2. The molecule has 0 radical (unpaired) electrons. The second kappa shape index (κ2) is 25.0. The number of nitrogens with one attached hydrogen (secondary N) is 5. The van der Waals surface area contributed by atoms with Gasteiger partial charge in [-0.15, -0.1) is 0 Å². The molecule has 0 bridgehead atoms. The highest BCUT2D eigenvalue weighted by Crippen LogP contribution is 2.10. The van der Waals surface area contributed by atoms with E-state index in [0.29, 0.717) is 12.2 Å². The molecular weight excluding hydrogens is 729 g/mol. The lowest BCUT2D eigenvalue weighted by Gasteiger charge is -2.25. The summed E-state index contributed by atoms with van der Waals surface area (Å²) in [7, 11) is 0. The molecule has 0 aromatic heterocycles. The van der Waals surface area contributed by atoms with Crippen molar-refractivity contribution in [1.29, 1.82) is 0 Å². The van der Waals surface area contributed by atoms with Crippen LogP contribution in [0.25, 0.3) is 0 Å². The number of nitrogens with zero attached hydrogens (tertiary/aromatic N) is 1. The molecule has 0 aliphatic heterocycles. The summed E-state index contributed by atoms with van der Waals surface area (Å²) in [5, 5.41) is 13.3. The van der Waals surface area contributed by atoms with Gasteiger partial charge in [0.05, 0.1) is 12.6 Å². The lowest BCUT2D eigenvalue weighted by molar-refractivity contribution is -0.148. The Bertz CT molecular complexity index is 1560. The first-order valence-corrected chi connectivity index (χ1v) is 19.4. The van der Waals surface area contributed by atoms with E-state index >= 15 is 0 Å². The second-order valence-electron chi connectivity index (χ2n) is 13.3. The first kappa shape index (κ1) is 46.0. The van der Waals surface area contributed by atoms with E-state index in [1.54, 1.807) is 54.6 Å². The van der Waals surface area contributed by atoms with Crippen LogP contribution in [0, 0.1) is 5.92 Å². The maximum atomic E-state index is 13.9. The van der Waals surface area contributed by atoms with Gasteiger partial charge >= 0.3 is 5.97 Å². The third-order valence-corrected chi connectivity index (χ3v) is 8.89. The molecule has 0 fully saturated rings. The van der Waals surface area contributed by atoms with Crippen molar-refractivity contribution in [1.82, 2.24) is 26.6 Å². The molecule has 0 saturated carbocycles. The van der Waals surface area contributed by atoms with Crippen molar-refractivity contribution >= 4 is 53.2 Å². The zero-order chi connectivity index (χ0) is 40.8. The lowest BCUT2D eigenvalue weighted by atomic mass is 10.0. The van der Waals surface area contributed by atoms with Crippen LogP contribution in [0.1, 0.15) is 50.7 Å². The van der Waals surface area contributed by atoms with Crippen molar-refractivity contribution in [2.24, 2.45) is 34.0 Å². The SMILES string of the molecule is CSCC[C@H](NC(=O)[C@H](CC(C)C)NC(=O)CNC(=O)[C@H](Cc1ccccc1)NC(=O)[C@H](Cc1ccccc1)NC(=O)[C@@H](N)CCCN=C(N)N)C(=O)ON. The Morgan fingerprint density at radius 3 is 1.78 bits per heavy atom. The fourth-order valence-corrected chi connectivity index (χ4v) is 5.87. The van der Waals surface area contributed by atoms with Gasteiger partial charge < -0.3 is 48.6 Å². The molecule has 0 unspecified atom stereocenters. The van der Waals surface area contributed by atoms with Crippen LogP contribution in [0.5, 0.6) is 0 Å². The number of carbonyl (C=O) groups is 6. The Kier molecular flexibility index (Phi) is 20.9. The number of aliphatic imine (C=N–C) groups is 1. The van der Waals surface area contributed by atoms with Crippen molar-refractivity contribution in [2.45, 2.75) is 82.6 Å². The number of thioether (sulfide) groups is 1. The minimum Gasteiger partial charge on any atom is -0.372 e. The quantitative estimate of drug-likeness (QED) is 0.0272. The van der Waals surface area contributed by atoms with Crippen LogP contribution in [0.4, 0.5) is 0 Å². The lowest BCUT2D eigenvalue weighted by Crippen LogP contribution is -2.58. The largest absolute Gasteiger partial charge is 0.372 e. The van der Waals surface area contributed by atoms with Gasteiger partial charge in [-0.1, -0.05) is 74.5 Å². The first-order chi connectivity index (χ1) is 26.2. The van der Waals surface area contributed by atoms with Gasteiger partial charge in [-0.2, -0.15) is 17.7 Å². The molecule has 55 heavy (non-hydrogen) atoms. The smallest absolute Gasteiger partial charge is 0.347 e. The van der Waals surface area contributed by atoms with Gasteiger partial charge in [0.15, 0.2) is 5.96 Å². The molecule has 0 aliphatic rings. The van der Waals surface area contributed by atoms with Crippen LogP contribution in [-0.2, 0) is 46.4 Å². The van der Waals surface area contributed by atoms with Gasteiger partial charge in [0.2, 0.25) is 29.5 Å². The summed E-state index contributed by atoms with van der Waals surface area (Å²) in [6.07, 6.45) is 3.18. The standard InChI is InChI=1S/C37H56N10O7S/c1-23(2)19-28(34(51)45-27(16-18-55-3)36(53)54-41)44-31(48)22-43-33(50)29(20-24-11-6-4-7-12-24)47-35(52)30(21-25-13-8-5-9-14-25)46-32(49)26(38)15-10-17-42-37(39)40/h4-9,11-14,23,26-30H,10,15-22,38,41H2,1-3H3,(H,43,50)(H,44,48)(H,45,51)(H,46,49)(H,47,52)(H4,39,40,42)/t26-,27-,28-,29-,30-/m0/s1. The van der Waals surface area contributed by atoms with E-state index in [1.165, 1.54) is 11.8 Å². The van der Waals surface area contributed by atoms with Gasteiger partial charge in [-0.05, 0) is 54.7 Å². The van der Waals surface area contributed by atoms with Crippen molar-refractivity contribution in [3.05, 3.63) is 71.8 Å². The molecule has 2 aromatic carbocycles. The number of amides is 5. The highest BCUT2D eigenvalue weighted by Gasteiger charge is 2.31. The molecule has 2 rings (SSSR count). The molecule has 0 heterocycles. The molecule has 5 atom stereocenters. The Labute approximate surface area is 326 Å². The number of rotatable bonds is 24. The minimum absolute atomic E-state index is 0.0224. The summed E-state index contributed by atoms with van der Waals surface area (Å²) in [6, 6.07) is 12.7. The molecule has 302 valence electrons. The maximum Gasteiger partial charge on any atom is 0.347 e. The topological polar surface area (TPSA) is 288 Å². The number of nitrogens with two attached hydrogens (primary N) is 4. The van der Waals surface area contributed by atoms with Crippen molar-refractivity contribution in [3.8, 4) is 0 Å². The van der Waals surface area contributed by atoms with E-state index in [-0.39, 0.29) is 50.5 Å². The van der Waals surface area contributed by atoms with Crippen molar-refractivity contribution in [2.75, 3.05) is 25.1 Å². The normalized spacial score (nSPS) is 13.6. The fourth-order valence-electron chi connectivity index (χ4n) is 5.40. The Morgan fingerprint density at radius 1 is 0.727 bits per heavy atom. The van der Waals surface area contributed by atoms with Crippen LogP contribution < -0.4 is 49.7 Å². The Morgan fingerprint density at radius 2 is 1.25 bits per heavy atom. The van der Waals surface area contributed by atoms with E-state index in [4.69, 9.17) is 23.1 Å². The molecule has 0 saturated heterocycles. The summed E-state index contributed by atoms with van der Waals surface area (Å²) >= 11 is 1.47. The van der Waals surface area contributed by atoms with Crippen LogP contribution in [0.2, 0.25) is 0 Å². The van der Waals surface area contributed by atoms with Crippen LogP contribution in [-0.4, -0.2) is 96.8 Å². The number of hydrogen-bond donors (Lipinski definition) is 9. The van der Waals surface area contributed by atoms with Gasteiger partial charge in [0.1, 0.15) is 24.2 Å². The second-order valence-corrected chi connectivity index (χ2v) is 14.3. The van der Waals surface area contributed by atoms with Crippen LogP contribution in [0.15, 0.2) is 65.7 Å². The van der Waals surface area contributed by atoms with Gasteiger partial charge in [0, 0.05) is 19.4 Å². The zero-order valence-electron chi connectivity index (χ0n) is 31.6. The van der Waals surface area contributed by atoms with Gasteiger partial charge in [-0.3, -0.25) is 29.0 Å². The highest BCUT2D eigenvalue weighted by molar-refractivity contribution is 7.98. The van der Waals surface area contributed by atoms with Crippen molar-refractivity contribution < 1.29 is 33.6 Å². The van der Waals surface area contributed by atoms with Gasteiger partial charge in [0.25, 0.3) is 0 Å². The summed E-state index contributed by atoms with van der Waals surface area (Å²) in [5.74, 6) is 1.51. The summed E-state index contributed by atoms with van der Waals surface area (Å²) < 4.78 is 0. The summed E-state index contributed by atoms with van der Waals surface area (Å²) in [6.45, 7) is 3.48. The molecule has 5 amide bonds. The molecule has 13 N–H and O–H groups in total. The zero-order valence-corrected chi connectivity index (χ0v) is 32.4. The predicted molar refractivity (Wildman–Crippen MR) is 212 cm³/mol. The number of guanidine groups is 1. The van der Waals surface area contributed by atoms with Gasteiger partial charge in [-0.25, -0.2) is 4.79 Å². The number of carbonyl (C=O) groups excluding carboxylic acids is 6. The summed E-state index contributed by atoms with van der Waals surface area (Å²) in [5.41, 5.74) is 18.3. The van der Waals surface area contributed by atoms with E-state index in [9.17, 15) is 28.8 Å². The monoisotopic (exact) mass is 784 g/mol.